The van der Waals surface area contributed by atoms with Gasteiger partial charge in [0.1, 0.15) is 6.29 Å². The standard InChI is InChI=1S/C8H6O3.Y/c9-5-6-1-3-7(4-2-6)8(10)11;/h1-5H,(H,10,11);. The number of benzene rings is 1. The topological polar surface area (TPSA) is 54.4 Å². The van der Waals surface area contributed by atoms with E-state index in [4.69, 9.17) is 5.11 Å². The van der Waals surface area contributed by atoms with Gasteiger partial charge < -0.3 is 5.11 Å². The maximum atomic E-state index is 10.3. The minimum absolute atomic E-state index is 0. The van der Waals surface area contributed by atoms with Crippen molar-refractivity contribution in [3.05, 3.63) is 35.4 Å². The first-order valence-electron chi connectivity index (χ1n) is 3.02. The molecule has 1 aromatic rings. The summed E-state index contributed by atoms with van der Waals surface area (Å²) in [4.78, 5) is 20.5. The van der Waals surface area contributed by atoms with E-state index in [0.717, 1.165) is 0 Å². The molecule has 1 N–H and O–H groups in total. The Hall–Kier alpha value is -0.536. The van der Waals surface area contributed by atoms with E-state index in [0.29, 0.717) is 11.8 Å². The molecule has 1 aromatic carbocycles. The molecule has 0 aliphatic carbocycles. The maximum absolute atomic E-state index is 10.3. The first-order chi connectivity index (χ1) is 5.24. The molecule has 1 rings (SSSR count). The molecule has 0 aliphatic heterocycles. The number of carbonyl (C=O) groups excluding carboxylic acids is 1. The van der Waals surface area contributed by atoms with E-state index in [9.17, 15) is 9.59 Å². The number of carbonyl (C=O) groups is 2. The van der Waals surface area contributed by atoms with Gasteiger partial charge in [-0.25, -0.2) is 4.79 Å². The van der Waals surface area contributed by atoms with Gasteiger partial charge in [-0.3, -0.25) is 4.79 Å². The van der Waals surface area contributed by atoms with Crippen molar-refractivity contribution in [2.75, 3.05) is 0 Å². The van der Waals surface area contributed by atoms with Crippen LogP contribution in [0.2, 0.25) is 0 Å². The Morgan fingerprint density at radius 2 is 1.75 bits per heavy atom. The van der Waals surface area contributed by atoms with E-state index < -0.39 is 5.97 Å². The van der Waals surface area contributed by atoms with E-state index in [1.54, 1.807) is 0 Å². The fourth-order valence-corrected chi connectivity index (χ4v) is 0.704. The molecule has 0 atom stereocenters. The summed E-state index contributed by atoms with van der Waals surface area (Å²) in [6, 6.07) is 5.73. The van der Waals surface area contributed by atoms with E-state index in [2.05, 4.69) is 0 Å². The molecule has 0 fully saturated rings. The second kappa shape index (κ2) is 5.17. The summed E-state index contributed by atoms with van der Waals surface area (Å²) in [7, 11) is 0. The molecule has 0 saturated heterocycles. The number of hydrogen-bond donors (Lipinski definition) is 1. The zero-order valence-corrected chi connectivity index (χ0v) is 9.07. The fourth-order valence-electron chi connectivity index (χ4n) is 0.704. The van der Waals surface area contributed by atoms with Gasteiger partial charge in [-0.1, -0.05) is 12.1 Å². The third kappa shape index (κ3) is 2.84. The van der Waals surface area contributed by atoms with E-state index in [1.165, 1.54) is 24.3 Å². The van der Waals surface area contributed by atoms with Gasteiger partial charge in [0.15, 0.2) is 0 Å². The average Bonchev–Trinajstić information content (AvgIpc) is 2.05. The molecule has 0 aliphatic rings. The van der Waals surface area contributed by atoms with Crippen molar-refractivity contribution in [1.29, 1.82) is 0 Å². The van der Waals surface area contributed by atoms with Crippen LogP contribution in [0.3, 0.4) is 0 Å². The molecule has 0 amide bonds. The number of rotatable bonds is 2. The molecule has 59 valence electrons. The number of aromatic carboxylic acids is 1. The number of aldehydes is 1. The van der Waals surface area contributed by atoms with Gasteiger partial charge in [-0.15, -0.1) is 0 Å². The number of carboxylic acid groups (broad SMARTS) is 1. The van der Waals surface area contributed by atoms with Gasteiger partial charge >= 0.3 is 5.97 Å². The van der Waals surface area contributed by atoms with Crippen LogP contribution in [-0.4, -0.2) is 17.4 Å². The van der Waals surface area contributed by atoms with Crippen molar-refractivity contribution in [3.63, 3.8) is 0 Å². The molecule has 0 aromatic heterocycles. The minimum Gasteiger partial charge on any atom is -0.478 e. The summed E-state index contributed by atoms with van der Waals surface area (Å²) in [5, 5.41) is 8.46. The van der Waals surface area contributed by atoms with Crippen LogP contribution in [0.1, 0.15) is 20.7 Å². The van der Waals surface area contributed by atoms with Gasteiger partial charge in [0.25, 0.3) is 0 Å². The van der Waals surface area contributed by atoms with Crippen LogP contribution in [0.5, 0.6) is 0 Å². The van der Waals surface area contributed by atoms with E-state index in [1.807, 2.05) is 0 Å². The van der Waals surface area contributed by atoms with Gasteiger partial charge in [0, 0.05) is 38.3 Å². The summed E-state index contributed by atoms with van der Waals surface area (Å²) >= 11 is 0. The molecule has 3 nitrogen and oxygen atoms in total. The molecule has 0 bridgehead atoms. The Morgan fingerprint density at radius 3 is 2.08 bits per heavy atom. The van der Waals surface area contributed by atoms with Crippen LogP contribution in [0.15, 0.2) is 24.3 Å². The fraction of sp³-hybridized carbons (Fsp3) is 0. The summed E-state index contributed by atoms with van der Waals surface area (Å²) < 4.78 is 0. The van der Waals surface area contributed by atoms with Gasteiger partial charge in [0.2, 0.25) is 0 Å². The average molecular weight is 239 g/mol. The van der Waals surface area contributed by atoms with Crippen molar-refractivity contribution in [1.82, 2.24) is 0 Å². The molecular weight excluding hydrogens is 233 g/mol. The largest absolute Gasteiger partial charge is 0.478 e. The first kappa shape index (κ1) is 11.5. The van der Waals surface area contributed by atoms with Crippen LogP contribution >= 0.6 is 0 Å². The zero-order chi connectivity index (χ0) is 8.27. The van der Waals surface area contributed by atoms with Crippen molar-refractivity contribution < 1.29 is 47.4 Å². The van der Waals surface area contributed by atoms with Crippen LogP contribution < -0.4 is 0 Å². The van der Waals surface area contributed by atoms with Crippen LogP contribution in [0.4, 0.5) is 0 Å². The Kier molecular flexibility index (Phi) is 4.94. The Bertz CT molecular complexity index is 279. The Labute approximate surface area is 94.7 Å². The van der Waals surface area contributed by atoms with Crippen LogP contribution in [0, 0.1) is 0 Å². The molecule has 0 heterocycles. The van der Waals surface area contributed by atoms with Crippen molar-refractivity contribution in [2.24, 2.45) is 0 Å². The summed E-state index contributed by atoms with van der Waals surface area (Å²) in [6.45, 7) is 0. The predicted octanol–water partition coefficient (Wildman–Crippen LogP) is 1.19. The smallest absolute Gasteiger partial charge is 0.335 e. The molecule has 12 heavy (non-hydrogen) atoms. The van der Waals surface area contributed by atoms with Crippen molar-refractivity contribution in [3.8, 4) is 0 Å². The predicted molar refractivity (Wildman–Crippen MR) is 38.8 cm³/mol. The van der Waals surface area contributed by atoms with Crippen LogP contribution in [-0.2, 0) is 32.7 Å². The SMILES string of the molecule is O=Cc1ccc(C(=O)O)cc1.[Y]. The van der Waals surface area contributed by atoms with Gasteiger partial charge in [-0.2, -0.15) is 0 Å². The maximum Gasteiger partial charge on any atom is 0.335 e. The second-order valence-electron chi connectivity index (χ2n) is 2.05. The van der Waals surface area contributed by atoms with Gasteiger partial charge in [-0.05, 0) is 12.1 Å². The van der Waals surface area contributed by atoms with E-state index >= 15 is 0 Å². The monoisotopic (exact) mass is 239 g/mol. The summed E-state index contributed by atoms with van der Waals surface area (Å²) in [6.07, 6.45) is 0.672. The third-order valence-electron chi connectivity index (χ3n) is 1.29. The minimum atomic E-state index is -0.984. The van der Waals surface area contributed by atoms with Crippen LogP contribution in [0.25, 0.3) is 0 Å². The molecule has 0 unspecified atom stereocenters. The zero-order valence-electron chi connectivity index (χ0n) is 6.23. The molecule has 1 radical (unpaired) electrons. The molecule has 0 saturated carbocycles. The Balaban J connectivity index is 0.00000121. The molecular formula is C8H6O3Y. The normalized spacial score (nSPS) is 8.33. The first-order valence-corrected chi connectivity index (χ1v) is 3.02. The van der Waals surface area contributed by atoms with Crippen molar-refractivity contribution in [2.45, 2.75) is 0 Å². The molecule has 4 heteroatoms. The number of hydrogen-bond acceptors (Lipinski definition) is 2. The third-order valence-corrected chi connectivity index (χ3v) is 1.29. The van der Waals surface area contributed by atoms with Gasteiger partial charge in [0.05, 0.1) is 5.56 Å². The summed E-state index contributed by atoms with van der Waals surface area (Å²) in [5.41, 5.74) is 0.672. The van der Waals surface area contributed by atoms with E-state index in [-0.39, 0.29) is 38.3 Å². The number of carboxylic acids is 1. The summed E-state index contributed by atoms with van der Waals surface area (Å²) in [5.74, 6) is -0.984. The molecule has 0 spiro atoms. The Morgan fingerprint density at radius 1 is 1.25 bits per heavy atom. The second-order valence-corrected chi connectivity index (χ2v) is 2.05. The van der Waals surface area contributed by atoms with Crippen molar-refractivity contribution >= 4 is 12.3 Å². The quantitative estimate of drug-likeness (QED) is 0.788.